The molecule has 3 aromatic rings. The number of aliphatic hydroxyl groups excluding tert-OH is 1. The lowest BCUT2D eigenvalue weighted by molar-refractivity contribution is -0.132. The lowest BCUT2D eigenvalue weighted by atomic mass is 10.1. The van der Waals surface area contributed by atoms with Crippen LogP contribution in [0, 0.1) is 0 Å². The van der Waals surface area contributed by atoms with Crippen LogP contribution in [0.1, 0.15) is 17.1 Å². The Morgan fingerprint density at radius 2 is 1.96 bits per heavy atom. The van der Waals surface area contributed by atoms with E-state index in [-0.39, 0.29) is 24.5 Å². The predicted octanol–water partition coefficient (Wildman–Crippen LogP) is 0.207. The fourth-order valence-corrected chi connectivity index (χ4v) is 3.38. The molecule has 4 rings (SSSR count). The van der Waals surface area contributed by atoms with Gasteiger partial charge < -0.3 is 10.0 Å². The van der Waals surface area contributed by atoms with Crippen molar-refractivity contribution >= 4 is 16.7 Å². The zero-order valence-corrected chi connectivity index (χ0v) is 14.4. The summed E-state index contributed by atoms with van der Waals surface area (Å²) in [6.07, 6.45) is 0.135. The maximum Gasteiger partial charge on any atom is 0.274 e. The van der Waals surface area contributed by atoms with E-state index in [1.165, 1.54) is 4.68 Å². The number of carbonyl (C=O) groups excluding carboxylic acids is 1. The summed E-state index contributed by atoms with van der Waals surface area (Å²) in [5.41, 5.74) is 1.95. The molecule has 0 saturated heterocycles. The summed E-state index contributed by atoms with van der Waals surface area (Å²) < 4.78 is 3.11. The molecule has 0 unspecified atom stereocenters. The quantitative estimate of drug-likeness (QED) is 0.726. The zero-order valence-electron chi connectivity index (χ0n) is 14.4. The molecule has 0 radical (unpaired) electrons. The monoisotopic (exact) mass is 353 g/mol. The standard InChI is InChI=1S/C18H19N5O3/c1-21-18(26)15-5-3-2-4-14(15)16(20-21)9-17(25)22-6-7-23-13(10-22)8-12(11-24)19-23/h2-5,8,24H,6-7,9-11H2,1H3. The third-order valence-corrected chi connectivity index (χ3v) is 4.71. The number of hydrogen-bond donors (Lipinski definition) is 1. The molecule has 1 aromatic carbocycles. The lowest BCUT2D eigenvalue weighted by Gasteiger charge is -2.27. The predicted molar refractivity (Wildman–Crippen MR) is 94.3 cm³/mol. The van der Waals surface area contributed by atoms with E-state index in [1.807, 2.05) is 22.9 Å². The minimum atomic E-state index is -0.171. The molecule has 0 atom stereocenters. The molecule has 8 heteroatoms. The fraction of sp³-hybridized carbons (Fsp3) is 0.333. The number of fused-ring (bicyclic) bond motifs is 2. The Labute approximate surface area is 149 Å². The second-order valence-electron chi connectivity index (χ2n) is 6.42. The van der Waals surface area contributed by atoms with Gasteiger partial charge in [-0.3, -0.25) is 14.3 Å². The molecule has 0 bridgehead atoms. The fourth-order valence-electron chi connectivity index (χ4n) is 3.38. The third kappa shape index (κ3) is 2.78. The SMILES string of the molecule is Cn1nc(CC(=O)N2CCn3nc(CO)cc3C2)c2ccccc2c1=O. The number of nitrogens with zero attached hydrogens (tertiary/aromatic N) is 5. The molecular formula is C18H19N5O3. The molecule has 1 aliphatic rings. The molecule has 8 nitrogen and oxygen atoms in total. The van der Waals surface area contributed by atoms with Crippen LogP contribution >= 0.6 is 0 Å². The highest BCUT2D eigenvalue weighted by atomic mass is 16.3. The number of carbonyl (C=O) groups is 1. The molecule has 0 saturated carbocycles. The molecule has 0 aliphatic carbocycles. The number of aliphatic hydroxyl groups is 1. The van der Waals surface area contributed by atoms with Crippen molar-refractivity contribution in [1.82, 2.24) is 24.5 Å². The van der Waals surface area contributed by atoms with Crippen molar-refractivity contribution in [2.75, 3.05) is 6.54 Å². The van der Waals surface area contributed by atoms with E-state index >= 15 is 0 Å². The topological polar surface area (TPSA) is 93.2 Å². The Hall–Kier alpha value is -3.00. The number of aryl methyl sites for hydroxylation is 1. The van der Waals surface area contributed by atoms with Gasteiger partial charge in [0.05, 0.1) is 48.6 Å². The first-order valence-electron chi connectivity index (χ1n) is 8.46. The van der Waals surface area contributed by atoms with Crippen LogP contribution in [0.15, 0.2) is 35.1 Å². The Morgan fingerprint density at radius 1 is 1.19 bits per heavy atom. The van der Waals surface area contributed by atoms with E-state index in [2.05, 4.69) is 10.2 Å². The van der Waals surface area contributed by atoms with Crippen LogP contribution in [-0.2, 0) is 38.0 Å². The van der Waals surface area contributed by atoms with Crippen LogP contribution in [0.25, 0.3) is 10.8 Å². The number of amides is 1. The first-order chi connectivity index (χ1) is 12.6. The molecule has 3 heterocycles. The normalized spacial score (nSPS) is 13.8. The van der Waals surface area contributed by atoms with Crippen molar-refractivity contribution < 1.29 is 9.90 Å². The Balaban J connectivity index is 1.60. The zero-order chi connectivity index (χ0) is 18.3. The van der Waals surface area contributed by atoms with E-state index in [0.29, 0.717) is 41.8 Å². The first-order valence-corrected chi connectivity index (χ1v) is 8.46. The molecule has 1 N–H and O–H groups in total. The average Bonchev–Trinajstić information content (AvgIpc) is 3.08. The Bertz CT molecular complexity index is 1050. The minimum absolute atomic E-state index is 0.0423. The van der Waals surface area contributed by atoms with Crippen molar-refractivity contribution in [3.63, 3.8) is 0 Å². The molecular weight excluding hydrogens is 334 g/mol. The van der Waals surface area contributed by atoms with Gasteiger partial charge in [-0.15, -0.1) is 0 Å². The summed E-state index contributed by atoms with van der Waals surface area (Å²) in [4.78, 5) is 26.8. The van der Waals surface area contributed by atoms with Gasteiger partial charge in [0.25, 0.3) is 5.56 Å². The van der Waals surface area contributed by atoms with Gasteiger partial charge in [-0.05, 0) is 12.1 Å². The summed E-state index contributed by atoms with van der Waals surface area (Å²) >= 11 is 0. The second-order valence-corrected chi connectivity index (χ2v) is 6.42. The first kappa shape index (κ1) is 16.5. The van der Waals surface area contributed by atoms with Gasteiger partial charge in [-0.2, -0.15) is 10.2 Å². The van der Waals surface area contributed by atoms with E-state index < -0.39 is 0 Å². The van der Waals surface area contributed by atoms with Gasteiger partial charge in [0.2, 0.25) is 5.91 Å². The van der Waals surface area contributed by atoms with Gasteiger partial charge in [0.1, 0.15) is 0 Å². The Morgan fingerprint density at radius 3 is 2.73 bits per heavy atom. The highest BCUT2D eigenvalue weighted by molar-refractivity contribution is 5.88. The van der Waals surface area contributed by atoms with Crippen molar-refractivity contribution in [2.45, 2.75) is 26.1 Å². The van der Waals surface area contributed by atoms with E-state index in [9.17, 15) is 14.7 Å². The summed E-state index contributed by atoms with van der Waals surface area (Å²) in [5, 5.41) is 19.1. The maximum absolute atomic E-state index is 12.8. The second kappa shape index (κ2) is 6.38. The highest BCUT2D eigenvalue weighted by Crippen LogP contribution is 2.17. The van der Waals surface area contributed by atoms with Crippen LogP contribution < -0.4 is 5.56 Å². The molecule has 1 aliphatic heterocycles. The number of aromatic nitrogens is 4. The number of hydrogen-bond acceptors (Lipinski definition) is 5. The van der Waals surface area contributed by atoms with Gasteiger partial charge in [0, 0.05) is 19.0 Å². The molecule has 0 spiro atoms. The van der Waals surface area contributed by atoms with Crippen LogP contribution in [0.4, 0.5) is 0 Å². The lowest BCUT2D eigenvalue weighted by Crippen LogP contribution is -2.39. The summed E-state index contributed by atoms with van der Waals surface area (Å²) in [7, 11) is 1.60. The van der Waals surface area contributed by atoms with Crippen molar-refractivity contribution in [1.29, 1.82) is 0 Å². The molecule has 134 valence electrons. The van der Waals surface area contributed by atoms with Crippen molar-refractivity contribution in [2.24, 2.45) is 7.05 Å². The highest BCUT2D eigenvalue weighted by Gasteiger charge is 2.23. The molecule has 0 fully saturated rings. The van der Waals surface area contributed by atoms with Crippen LogP contribution in [0.5, 0.6) is 0 Å². The van der Waals surface area contributed by atoms with Gasteiger partial charge in [0.15, 0.2) is 0 Å². The minimum Gasteiger partial charge on any atom is -0.390 e. The van der Waals surface area contributed by atoms with Gasteiger partial charge in [-0.1, -0.05) is 18.2 Å². The number of benzene rings is 1. The van der Waals surface area contributed by atoms with E-state index in [1.54, 1.807) is 24.1 Å². The van der Waals surface area contributed by atoms with E-state index in [0.717, 1.165) is 5.69 Å². The molecule has 1 amide bonds. The maximum atomic E-state index is 12.8. The largest absolute Gasteiger partial charge is 0.390 e. The number of rotatable bonds is 3. The van der Waals surface area contributed by atoms with E-state index in [4.69, 9.17) is 0 Å². The summed E-state index contributed by atoms with van der Waals surface area (Å²) in [6, 6.07) is 9.04. The Kier molecular flexibility index (Phi) is 4.04. The summed E-state index contributed by atoms with van der Waals surface area (Å²) in [6.45, 7) is 1.50. The summed E-state index contributed by atoms with van der Waals surface area (Å²) in [5.74, 6) is -0.0423. The van der Waals surface area contributed by atoms with Crippen molar-refractivity contribution in [3.05, 3.63) is 57.8 Å². The van der Waals surface area contributed by atoms with Crippen LogP contribution in [0.2, 0.25) is 0 Å². The van der Waals surface area contributed by atoms with Gasteiger partial charge in [-0.25, -0.2) is 4.68 Å². The van der Waals surface area contributed by atoms with Crippen molar-refractivity contribution in [3.8, 4) is 0 Å². The van der Waals surface area contributed by atoms with Crippen LogP contribution in [0.3, 0.4) is 0 Å². The van der Waals surface area contributed by atoms with Crippen LogP contribution in [-0.4, -0.2) is 42.0 Å². The smallest absolute Gasteiger partial charge is 0.274 e. The molecule has 2 aromatic heterocycles. The average molecular weight is 353 g/mol. The third-order valence-electron chi connectivity index (χ3n) is 4.71. The van der Waals surface area contributed by atoms with Gasteiger partial charge >= 0.3 is 0 Å². The molecule has 26 heavy (non-hydrogen) atoms.